The molecule has 0 amide bonds. The van der Waals surface area contributed by atoms with E-state index in [1.165, 1.54) is 11.5 Å². The summed E-state index contributed by atoms with van der Waals surface area (Å²) < 4.78 is 4.32. The van der Waals surface area contributed by atoms with Gasteiger partial charge in [0.25, 0.3) is 0 Å². The summed E-state index contributed by atoms with van der Waals surface area (Å²) in [6.45, 7) is 7.40. The maximum Gasteiger partial charge on any atom is 0.205 e. The minimum atomic E-state index is -0.00784. The molecule has 1 aliphatic heterocycles. The average Bonchev–Trinajstić information content (AvgIpc) is 2.74. The predicted molar refractivity (Wildman–Crippen MR) is 65.0 cm³/mol. The molecule has 3 nitrogen and oxygen atoms in total. The molecule has 1 atom stereocenters. The van der Waals surface area contributed by atoms with E-state index in [1.54, 1.807) is 0 Å². The summed E-state index contributed by atoms with van der Waals surface area (Å²) in [6, 6.07) is 0. The third kappa shape index (κ3) is 1.85. The topological polar surface area (TPSA) is 29.0 Å². The number of hydrogen-bond donors (Lipinski definition) is 0. The second-order valence-corrected chi connectivity index (χ2v) is 5.67. The van der Waals surface area contributed by atoms with Crippen molar-refractivity contribution in [1.82, 2.24) is 9.36 Å². The van der Waals surface area contributed by atoms with E-state index in [4.69, 9.17) is 11.6 Å². The van der Waals surface area contributed by atoms with Crippen molar-refractivity contribution in [2.24, 2.45) is 0 Å². The summed E-state index contributed by atoms with van der Waals surface area (Å²) in [5.74, 6) is 0.934. The lowest BCUT2D eigenvalue weighted by atomic mass is 10.0. The minimum absolute atomic E-state index is 0.00784. The van der Waals surface area contributed by atoms with Gasteiger partial charge in [0.05, 0.1) is 10.9 Å². The van der Waals surface area contributed by atoms with Crippen molar-refractivity contribution in [2.45, 2.75) is 44.5 Å². The van der Waals surface area contributed by atoms with Gasteiger partial charge in [-0.25, -0.2) is 4.98 Å². The summed E-state index contributed by atoms with van der Waals surface area (Å²) in [6.07, 6.45) is 1.92. The van der Waals surface area contributed by atoms with Gasteiger partial charge >= 0.3 is 0 Å². The normalized spacial score (nSPS) is 24.8. The van der Waals surface area contributed by atoms with Gasteiger partial charge in [-0.05, 0) is 20.3 Å². The molecule has 1 fully saturated rings. The molecule has 0 aromatic carbocycles. The van der Waals surface area contributed by atoms with E-state index < -0.39 is 0 Å². The number of hydrogen-bond acceptors (Lipinski definition) is 4. The first-order chi connectivity index (χ1) is 7.05. The molecule has 1 unspecified atom stereocenters. The first-order valence-electron chi connectivity index (χ1n) is 5.30. The lowest BCUT2D eigenvalue weighted by Gasteiger charge is -2.32. The Bertz CT molecular complexity index is 350. The maximum absolute atomic E-state index is 6.30. The van der Waals surface area contributed by atoms with Crippen LogP contribution in [0.25, 0.3) is 0 Å². The molecule has 2 heterocycles. The number of halogens is 1. The molecule has 0 N–H and O–H groups in total. The van der Waals surface area contributed by atoms with E-state index in [0.717, 1.165) is 30.3 Å². The van der Waals surface area contributed by atoms with Crippen LogP contribution in [0.1, 0.15) is 33.0 Å². The monoisotopic (exact) mass is 245 g/mol. The van der Waals surface area contributed by atoms with Gasteiger partial charge in [0.15, 0.2) is 0 Å². The largest absolute Gasteiger partial charge is 0.340 e. The molecule has 84 valence electrons. The number of rotatable bonds is 2. The number of aryl methyl sites for hydroxylation is 1. The Morgan fingerprint density at radius 2 is 2.33 bits per heavy atom. The zero-order valence-electron chi connectivity index (χ0n) is 9.33. The number of anilines is 1. The van der Waals surface area contributed by atoms with Crippen molar-refractivity contribution >= 4 is 28.3 Å². The van der Waals surface area contributed by atoms with Crippen LogP contribution in [0, 0.1) is 0 Å². The molecular formula is C10H16ClN3S. The van der Waals surface area contributed by atoms with Crippen molar-refractivity contribution in [3.05, 3.63) is 5.82 Å². The lowest BCUT2D eigenvalue weighted by molar-refractivity contribution is 0.523. The Labute approximate surface area is 99.6 Å². The molecule has 1 aliphatic rings. The Balaban J connectivity index is 2.24. The van der Waals surface area contributed by atoms with Crippen molar-refractivity contribution < 1.29 is 0 Å². The van der Waals surface area contributed by atoms with Crippen LogP contribution in [-0.2, 0) is 6.42 Å². The van der Waals surface area contributed by atoms with Gasteiger partial charge in [0, 0.05) is 24.5 Å². The summed E-state index contributed by atoms with van der Waals surface area (Å²) in [4.78, 5) is 6.79. The van der Waals surface area contributed by atoms with E-state index in [0.29, 0.717) is 0 Å². The molecule has 1 saturated heterocycles. The van der Waals surface area contributed by atoms with E-state index in [9.17, 15) is 0 Å². The Kier molecular flexibility index (Phi) is 2.90. The van der Waals surface area contributed by atoms with E-state index in [-0.39, 0.29) is 10.9 Å². The zero-order chi connectivity index (χ0) is 11.1. The molecule has 1 aromatic heterocycles. The van der Waals surface area contributed by atoms with Crippen molar-refractivity contribution in [3.63, 3.8) is 0 Å². The van der Waals surface area contributed by atoms with Gasteiger partial charge in [-0.3, -0.25) is 0 Å². The minimum Gasteiger partial charge on any atom is -0.340 e. The van der Waals surface area contributed by atoms with E-state index in [2.05, 4.69) is 35.0 Å². The molecule has 15 heavy (non-hydrogen) atoms. The molecule has 0 bridgehead atoms. The molecule has 0 radical (unpaired) electrons. The molecule has 0 spiro atoms. The fourth-order valence-electron chi connectivity index (χ4n) is 1.89. The van der Waals surface area contributed by atoms with Gasteiger partial charge < -0.3 is 4.90 Å². The predicted octanol–water partition coefficient (Wildman–Crippen LogP) is 2.70. The molecular weight excluding hydrogens is 230 g/mol. The van der Waals surface area contributed by atoms with Gasteiger partial charge in [0.1, 0.15) is 5.82 Å². The fraction of sp³-hybridized carbons (Fsp3) is 0.800. The second kappa shape index (κ2) is 3.91. The maximum atomic E-state index is 6.30. The van der Waals surface area contributed by atoms with Crippen molar-refractivity contribution in [3.8, 4) is 0 Å². The van der Waals surface area contributed by atoms with Crippen LogP contribution < -0.4 is 4.90 Å². The Hall–Kier alpha value is -0.350. The highest BCUT2D eigenvalue weighted by Crippen LogP contribution is 2.37. The molecule has 0 saturated carbocycles. The smallest absolute Gasteiger partial charge is 0.205 e. The fourth-order valence-corrected chi connectivity index (χ4v) is 3.04. The van der Waals surface area contributed by atoms with Crippen LogP contribution in [0.5, 0.6) is 0 Å². The van der Waals surface area contributed by atoms with Crippen molar-refractivity contribution in [1.29, 1.82) is 0 Å². The van der Waals surface area contributed by atoms with Crippen molar-refractivity contribution in [2.75, 3.05) is 11.4 Å². The molecule has 0 aliphatic carbocycles. The third-order valence-corrected chi connectivity index (χ3v) is 4.60. The zero-order valence-corrected chi connectivity index (χ0v) is 10.9. The second-order valence-electron chi connectivity index (χ2n) is 4.41. The van der Waals surface area contributed by atoms with Crippen LogP contribution in [0.2, 0.25) is 0 Å². The molecule has 2 rings (SSSR count). The van der Waals surface area contributed by atoms with Crippen LogP contribution in [-0.4, -0.2) is 26.8 Å². The number of nitrogens with zero attached hydrogens (tertiary/aromatic N) is 3. The first kappa shape index (κ1) is 11.1. The highest BCUT2D eigenvalue weighted by Gasteiger charge is 2.41. The standard InChI is InChI=1S/C10H16ClN3S/c1-4-8-12-9(15-13-8)14-6-5-7(11)10(14,2)3/h7H,4-6H2,1-3H3. The van der Waals surface area contributed by atoms with Crippen LogP contribution in [0.4, 0.5) is 5.13 Å². The van der Waals surface area contributed by atoms with Gasteiger partial charge in [-0.2, -0.15) is 4.37 Å². The summed E-state index contributed by atoms with van der Waals surface area (Å²) >= 11 is 7.79. The number of aromatic nitrogens is 2. The average molecular weight is 246 g/mol. The first-order valence-corrected chi connectivity index (χ1v) is 6.51. The molecule has 5 heteroatoms. The summed E-state index contributed by atoms with van der Waals surface area (Å²) in [7, 11) is 0. The Morgan fingerprint density at radius 1 is 1.60 bits per heavy atom. The van der Waals surface area contributed by atoms with Gasteiger partial charge in [-0.1, -0.05) is 6.92 Å². The molecule has 1 aromatic rings. The van der Waals surface area contributed by atoms with E-state index in [1.807, 2.05) is 0 Å². The number of alkyl halides is 1. The van der Waals surface area contributed by atoms with Gasteiger partial charge in [-0.15, -0.1) is 11.6 Å². The third-order valence-electron chi connectivity index (χ3n) is 3.07. The SMILES string of the molecule is CCc1nsc(N2CCC(Cl)C2(C)C)n1. The van der Waals surface area contributed by atoms with Crippen LogP contribution >= 0.6 is 23.1 Å². The van der Waals surface area contributed by atoms with Crippen LogP contribution in [0.15, 0.2) is 0 Å². The highest BCUT2D eigenvalue weighted by atomic mass is 35.5. The lowest BCUT2D eigenvalue weighted by Crippen LogP contribution is -2.43. The highest BCUT2D eigenvalue weighted by molar-refractivity contribution is 7.09. The van der Waals surface area contributed by atoms with E-state index >= 15 is 0 Å². The quantitative estimate of drug-likeness (QED) is 0.751. The van der Waals surface area contributed by atoms with Gasteiger partial charge in [0.2, 0.25) is 5.13 Å². The summed E-state index contributed by atoms with van der Waals surface area (Å²) in [5, 5.41) is 1.21. The van der Waals surface area contributed by atoms with Crippen LogP contribution in [0.3, 0.4) is 0 Å². The summed E-state index contributed by atoms with van der Waals surface area (Å²) in [5.41, 5.74) is -0.00784. The Morgan fingerprint density at radius 3 is 2.80 bits per heavy atom.